The van der Waals surface area contributed by atoms with Gasteiger partial charge < -0.3 is 26.0 Å². The van der Waals surface area contributed by atoms with Gasteiger partial charge in [-0.2, -0.15) is 0 Å². The number of nitrogens with zero attached hydrogens (tertiary/aromatic N) is 2. The number of carbonyl (C=O) groups excluding carboxylic acids is 2. The Morgan fingerprint density at radius 2 is 2.13 bits per heavy atom. The van der Waals surface area contributed by atoms with Crippen molar-refractivity contribution in [2.24, 2.45) is 5.92 Å². The number of carboxylic acids is 1. The van der Waals surface area contributed by atoms with E-state index in [9.17, 15) is 14.4 Å². The molecule has 0 unspecified atom stereocenters. The number of fused-ring (bicyclic) bond motifs is 1. The summed E-state index contributed by atoms with van der Waals surface area (Å²) < 4.78 is 0. The molecule has 1 atom stereocenters. The molecule has 0 saturated carbocycles. The predicted molar refractivity (Wildman–Crippen MR) is 115 cm³/mol. The van der Waals surface area contributed by atoms with Crippen LogP contribution in [0.5, 0.6) is 0 Å². The van der Waals surface area contributed by atoms with E-state index in [1.165, 1.54) is 6.92 Å². The summed E-state index contributed by atoms with van der Waals surface area (Å²) in [6.07, 6.45) is 2.23. The number of carboxylic acid groups (broad SMARTS) is 1. The first kappa shape index (κ1) is 21.2. The lowest BCUT2D eigenvalue weighted by Crippen LogP contribution is -2.42. The van der Waals surface area contributed by atoms with E-state index in [0.717, 1.165) is 15.9 Å². The molecule has 1 aromatic heterocycles. The topological polar surface area (TPSA) is 139 Å². The number of rotatable bonds is 9. The first-order valence-corrected chi connectivity index (χ1v) is 9.77. The van der Waals surface area contributed by atoms with E-state index < -0.39 is 23.7 Å². The number of aromatic nitrogens is 2. The van der Waals surface area contributed by atoms with Crippen LogP contribution in [-0.2, 0) is 14.4 Å². The molecule has 158 valence electrons. The normalized spacial score (nSPS) is 16.0. The Hall–Kier alpha value is -3.47. The number of hydrogen-bond donors (Lipinski definition) is 5. The Balaban J connectivity index is 1.48. The molecule has 2 aromatic rings. The van der Waals surface area contributed by atoms with Crippen molar-refractivity contribution < 1.29 is 19.5 Å². The minimum atomic E-state index is -1.01. The van der Waals surface area contributed by atoms with Crippen LogP contribution in [0.1, 0.15) is 13.3 Å². The Kier molecular flexibility index (Phi) is 6.62. The van der Waals surface area contributed by atoms with Crippen LogP contribution in [0.2, 0.25) is 0 Å². The van der Waals surface area contributed by atoms with Crippen LogP contribution in [0.4, 0.5) is 5.95 Å². The molecule has 1 saturated heterocycles. The Morgan fingerprint density at radius 1 is 1.37 bits per heavy atom. The van der Waals surface area contributed by atoms with Gasteiger partial charge in [-0.3, -0.25) is 19.3 Å². The van der Waals surface area contributed by atoms with Gasteiger partial charge >= 0.3 is 5.97 Å². The van der Waals surface area contributed by atoms with Gasteiger partial charge in [-0.1, -0.05) is 25.1 Å². The van der Waals surface area contributed by atoms with E-state index in [1.54, 1.807) is 6.08 Å². The van der Waals surface area contributed by atoms with Crippen molar-refractivity contribution in [2.45, 2.75) is 13.3 Å². The molecule has 0 aliphatic carbocycles. The van der Waals surface area contributed by atoms with Crippen molar-refractivity contribution in [1.82, 2.24) is 25.5 Å². The average molecular weight is 430 g/mol. The molecule has 2 amide bonds. The summed E-state index contributed by atoms with van der Waals surface area (Å²) in [7, 11) is 0. The zero-order valence-electron chi connectivity index (χ0n) is 16.3. The summed E-state index contributed by atoms with van der Waals surface area (Å²) >= 11 is 5.13. The summed E-state index contributed by atoms with van der Waals surface area (Å²) in [6.45, 7) is 1.73. The largest absolute Gasteiger partial charge is 0.481 e. The van der Waals surface area contributed by atoms with Crippen LogP contribution >= 0.6 is 12.2 Å². The Morgan fingerprint density at radius 3 is 2.87 bits per heavy atom. The molecule has 1 aliphatic heterocycles. The first-order chi connectivity index (χ1) is 14.3. The molecule has 0 spiro atoms. The molecule has 30 heavy (non-hydrogen) atoms. The van der Waals surface area contributed by atoms with E-state index in [0.29, 0.717) is 24.6 Å². The molecule has 11 heteroatoms. The van der Waals surface area contributed by atoms with Gasteiger partial charge in [0.1, 0.15) is 12.2 Å². The van der Waals surface area contributed by atoms with Gasteiger partial charge in [-0.05, 0) is 30.8 Å². The summed E-state index contributed by atoms with van der Waals surface area (Å²) in [5.74, 6) is -1.96. The van der Waals surface area contributed by atoms with Crippen LogP contribution < -0.4 is 16.0 Å². The lowest BCUT2D eigenvalue weighted by atomic mass is 10.2. The second-order valence-corrected chi connectivity index (χ2v) is 7.19. The van der Waals surface area contributed by atoms with Crippen LogP contribution in [0.15, 0.2) is 36.0 Å². The maximum absolute atomic E-state index is 12.5. The second-order valence-electron chi connectivity index (χ2n) is 6.80. The average Bonchev–Trinajstić information content (AvgIpc) is 3.24. The van der Waals surface area contributed by atoms with Crippen molar-refractivity contribution in [3.8, 4) is 0 Å². The maximum Gasteiger partial charge on any atom is 0.308 e. The fraction of sp³-hybridized carbons (Fsp3) is 0.316. The highest BCUT2D eigenvalue weighted by Crippen LogP contribution is 2.14. The fourth-order valence-corrected chi connectivity index (χ4v) is 3.01. The van der Waals surface area contributed by atoms with E-state index in [-0.39, 0.29) is 18.2 Å². The Labute approximate surface area is 177 Å². The third-order valence-corrected chi connectivity index (χ3v) is 4.79. The first-order valence-electron chi connectivity index (χ1n) is 9.36. The molecule has 0 radical (unpaired) electrons. The van der Waals surface area contributed by atoms with Gasteiger partial charge in [0, 0.05) is 13.1 Å². The number of carbonyl (C=O) groups is 3. The molecule has 1 fully saturated rings. The molecular weight excluding hydrogens is 408 g/mol. The number of aliphatic carboxylic acids is 1. The standard InChI is InChI=1S/C19H22N6O4S/c1-11(17(28)29)9-21-15(26)10-25-16(27)14(24-19(25)30)7-4-8-20-18-22-12-5-2-3-6-13(12)23-18/h2-3,5-7,11H,4,8-10H2,1H3,(H,21,26)(H,24,30)(H,28,29)(H2,20,22,23)/b14-7-/t11-/m0/s1. The van der Waals surface area contributed by atoms with E-state index >= 15 is 0 Å². The highest BCUT2D eigenvalue weighted by Gasteiger charge is 2.31. The second kappa shape index (κ2) is 9.35. The summed E-state index contributed by atoms with van der Waals surface area (Å²) in [5.41, 5.74) is 2.10. The minimum Gasteiger partial charge on any atom is -0.481 e. The highest BCUT2D eigenvalue weighted by atomic mass is 32.1. The highest BCUT2D eigenvalue weighted by molar-refractivity contribution is 7.80. The van der Waals surface area contributed by atoms with Crippen molar-refractivity contribution in [2.75, 3.05) is 25.0 Å². The summed E-state index contributed by atoms with van der Waals surface area (Å²) in [6, 6.07) is 7.68. The molecule has 1 aromatic carbocycles. The monoisotopic (exact) mass is 430 g/mol. The number of anilines is 1. The molecular formula is C19H22N6O4S. The maximum atomic E-state index is 12.5. The van der Waals surface area contributed by atoms with Gasteiger partial charge in [-0.15, -0.1) is 0 Å². The predicted octanol–water partition coefficient (Wildman–Crippen LogP) is 0.802. The number of benzene rings is 1. The lowest BCUT2D eigenvalue weighted by molar-refractivity contribution is -0.141. The number of nitrogens with one attached hydrogen (secondary N) is 4. The number of hydrogen-bond acceptors (Lipinski definition) is 6. The number of amides is 2. The summed E-state index contributed by atoms with van der Waals surface area (Å²) in [5, 5.41) is 17.4. The van der Waals surface area contributed by atoms with Gasteiger partial charge in [0.05, 0.1) is 17.0 Å². The third kappa shape index (κ3) is 5.11. The SMILES string of the molecule is C[C@@H](CNC(=O)CN1C(=O)/C(=C/CCNc2nc3ccccc3[nH]2)NC1=S)C(=O)O. The van der Waals surface area contributed by atoms with Crippen molar-refractivity contribution in [1.29, 1.82) is 0 Å². The third-order valence-electron chi connectivity index (χ3n) is 4.47. The molecule has 0 bridgehead atoms. The molecule has 3 rings (SSSR count). The van der Waals surface area contributed by atoms with Gasteiger partial charge in [0.25, 0.3) is 5.91 Å². The van der Waals surface area contributed by atoms with E-state index in [4.69, 9.17) is 17.3 Å². The molecule has 1 aliphatic rings. The zero-order valence-corrected chi connectivity index (χ0v) is 17.1. The van der Waals surface area contributed by atoms with Crippen LogP contribution in [0.25, 0.3) is 11.0 Å². The fourth-order valence-electron chi connectivity index (χ4n) is 2.75. The summed E-state index contributed by atoms with van der Waals surface area (Å²) in [4.78, 5) is 44.0. The Bertz CT molecular complexity index is 984. The lowest BCUT2D eigenvalue weighted by Gasteiger charge is -2.14. The van der Waals surface area contributed by atoms with Gasteiger partial charge in [-0.25, -0.2) is 4.98 Å². The van der Waals surface area contributed by atoms with Crippen molar-refractivity contribution >= 4 is 52.1 Å². The van der Waals surface area contributed by atoms with Gasteiger partial charge in [0.15, 0.2) is 5.11 Å². The zero-order chi connectivity index (χ0) is 21.7. The van der Waals surface area contributed by atoms with Crippen LogP contribution in [0, 0.1) is 5.92 Å². The number of aromatic amines is 1. The number of para-hydroxylation sites is 2. The number of thiocarbonyl (C=S) groups is 1. The molecule has 2 heterocycles. The smallest absolute Gasteiger partial charge is 0.308 e. The quantitative estimate of drug-likeness (QED) is 0.224. The minimum absolute atomic E-state index is 0.0213. The van der Waals surface area contributed by atoms with Crippen LogP contribution in [0.3, 0.4) is 0 Å². The molecule has 10 nitrogen and oxygen atoms in total. The van der Waals surface area contributed by atoms with Gasteiger partial charge in [0.2, 0.25) is 11.9 Å². The van der Waals surface area contributed by atoms with Crippen molar-refractivity contribution in [3.63, 3.8) is 0 Å². The van der Waals surface area contributed by atoms with E-state index in [1.807, 2.05) is 24.3 Å². The number of H-pyrrole nitrogens is 1. The van der Waals surface area contributed by atoms with E-state index in [2.05, 4.69) is 25.9 Å². The molecule has 5 N–H and O–H groups in total. The number of imidazole rings is 1. The van der Waals surface area contributed by atoms with Crippen LogP contribution in [-0.4, -0.2) is 62.5 Å². The van der Waals surface area contributed by atoms with Crippen molar-refractivity contribution in [3.05, 3.63) is 36.0 Å².